The molecule has 1 N–H and O–H groups in total. The van der Waals surface area contributed by atoms with Crippen molar-refractivity contribution in [3.05, 3.63) is 113 Å². The van der Waals surface area contributed by atoms with Crippen molar-refractivity contribution in [3.63, 3.8) is 0 Å². The highest BCUT2D eigenvalue weighted by atomic mass is 35.5. The highest BCUT2D eigenvalue weighted by molar-refractivity contribution is 6.30. The summed E-state index contributed by atoms with van der Waals surface area (Å²) in [5, 5.41) is 3.73. The van der Waals surface area contributed by atoms with Crippen molar-refractivity contribution in [2.45, 2.75) is 32.6 Å². The molecule has 4 aliphatic rings. The van der Waals surface area contributed by atoms with Crippen LogP contribution in [0.25, 0.3) is 0 Å². The van der Waals surface area contributed by atoms with Gasteiger partial charge in [-0.3, -0.25) is 9.69 Å². The van der Waals surface area contributed by atoms with Crippen molar-refractivity contribution >= 4 is 29.2 Å². The molecule has 1 saturated carbocycles. The highest BCUT2D eigenvalue weighted by Crippen LogP contribution is 2.59. The molecule has 2 atom stereocenters. The Morgan fingerprint density at radius 2 is 1.52 bits per heavy atom. The number of nitrogens with one attached hydrogen (secondary N) is 1. The number of fused-ring (bicyclic) bond motifs is 1. The Balaban J connectivity index is 1.09. The van der Waals surface area contributed by atoms with Crippen LogP contribution in [0.15, 0.2) is 96.6 Å². The number of carbonyl (C=O) groups is 2. The number of carbonyl (C=O) groups excluding carboxylic acids is 2. The van der Waals surface area contributed by atoms with Crippen molar-refractivity contribution in [2.75, 3.05) is 51.1 Å². The van der Waals surface area contributed by atoms with Gasteiger partial charge in [-0.15, -0.1) is 0 Å². The summed E-state index contributed by atoms with van der Waals surface area (Å²) in [6.07, 6.45) is 4.72. The Bertz CT molecular complexity index is 1430. The quantitative estimate of drug-likeness (QED) is 0.262. The fourth-order valence-corrected chi connectivity index (χ4v) is 7.40. The molecule has 44 heavy (non-hydrogen) atoms. The number of rotatable bonds is 9. The number of allylic oxidation sites excluding steroid dienone is 1. The predicted octanol–water partition coefficient (Wildman–Crippen LogP) is 7.14. The van der Waals surface area contributed by atoms with E-state index in [-0.39, 0.29) is 17.9 Å². The van der Waals surface area contributed by atoms with Crippen molar-refractivity contribution in [1.82, 2.24) is 14.7 Å². The highest BCUT2D eigenvalue weighted by Gasteiger charge is 2.51. The minimum absolute atomic E-state index is 0.0881. The van der Waals surface area contributed by atoms with Gasteiger partial charge in [0, 0.05) is 56.5 Å². The van der Waals surface area contributed by atoms with Crippen molar-refractivity contribution in [1.29, 1.82) is 0 Å². The minimum Gasteiger partial charge on any atom is -0.339 e. The molecule has 230 valence electrons. The standard InChI is InChI=1S/C37H43ClN4O2/c1-37(2)30-14-13-29(33(37)25-30)26-42(36(44)39-32-17-15-31(38)16-18-32)24-21-40-19-22-41(23-20-40)35(43)34(27-9-5-3-6-10-27)28-11-7-4-8-12-28/h3-13,15-18,30,33-34H,14,19-26H2,1-2H3,(H,39,44). The summed E-state index contributed by atoms with van der Waals surface area (Å²) in [6.45, 7) is 9.70. The minimum atomic E-state index is -0.310. The van der Waals surface area contributed by atoms with E-state index in [1.807, 2.05) is 82.6 Å². The van der Waals surface area contributed by atoms with Crippen LogP contribution in [-0.2, 0) is 4.79 Å². The molecule has 3 aliphatic carbocycles. The third-order valence-corrected chi connectivity index (χ3v) is 10.5. The van der Waals surface area contributed by atoms with Gasteiger partial charge in [0.1, 0.15) is 0 Å². The molecule has 3 aromatic carbocycles. The van der Waals surface area contributed by atoms with E-state index in [2.05, 4.69) is 30.1 Å². The molecule has 1 saturated heterocycles. The van der Waals surface area contributed by atoms with E-state index >= 15 is 0 Å². The molecule has 0 spiro atoms. The van der Waals surface area contributed by atoms with Crippen molar-refractivity contribution < 1.29 is 9.59 Å². The fraction of sp³-hybridized carbons (Fsp3) is 0.405. The molecule has 7 heteroatoms. The maximum atomic E-state index is 13.9. The molecule has 6 nitrogen and oxygen atoms in total. The molecule has 7 rings (SSSR count). The third-order valence-electron chi connectivity index (χ3n) is 10.2. The van der Waals surface area contributed by atoms with Crippen LogP contribution in [0.4, 0.5) is 10.5 Å². The van der Waals surface area contributed by atoms with Crippen LogP contribution in [0.2, 0.25) is 5.02 Å². The normalized spacial score (nSPS) is 20.9. The number of halogens is 1. The Morgan fingerprint density at radius 1 is 0.909 bits per heavy atom. The van der Waals surface area contributed by atoms with E-state index < -0.39 is 0 Å². The summed E-state index contributed by atoms with van der Waals surface area (Å²) in [5.74, 6) is 1.14. The van der Waals surface area contributed by atoms with Gasteiger partial charge in [-0.25, -0.2) is 4.79 Å². The van der Waals surface area contributed by atoms with Gasteiger partial charge in [0.2, 0.25) is 5.91 Å². The molecule has 3 aromatic rings. The van der Waals surface area contributed by atoms with Crippen LogP contribution in [0.3, 0.4) is 0 Å². The number of hydrogen-bond acceptors (Lipinski definition) is 3. The van der Waals surface area contributed by atoms with Gasteiger partial charge in [0.05, 0.1) is 5.92 Å². The summed E-state index contributed by atoms with van der Waals surface area (Å²) in [5.41, 5.74) is 4.48. The van der Waals surface area contributed by atoms with Gasteiger partial charge in [-0.1, -0.05) is 97.8 Å². The number of anilines is 1. The lowest BCUT2D eigenvalue weighted by atomic mass is 9.49. The second kappa shape index (κ2) is 13.2. The van der Waals surface area contributed by atoms with Crippen molar-refractivity contribution in [2.24, 2.45) is 17.3 Å². The first kappa shape index (κ1) is 30.4. The molecule has 2 fully saturated rings. The smallest absolute Gasteiger partial charge is 0.322 e. The van der Waals surface area contributed by atoms with E-state index in [0.29, 0.717) is 42.5 Å². The molecule has 1 heterocycles. The van der Waals surface area contributed by atoms with Gasteiger partial charge in [-0.05, 0) is 65.5 Å². The van der Waals surface area contributed by atoms with Crippen molar-refractivity contribution in [3.8, 4) is 0 Å². The summed E-state index contributed by atoms with van der Waals surface area (Å²) in [7, 11) is 0. The fourth-order valence-electron chi connectivity index (χ4n) is 7.27. The molecule has 0 aromatic heterocycles. The summed E-state index contributed by atoms with van der Waals surface area (Å²) >= 11 is 6.07. The molecule has 1 aliphatic heterocycles. The molecule has 2 unspecified atom stereocenters. The Morgan fingerprint density at radius 3 is 2.09 bits per heavy atom. The van der Waals surface area contributed by atoms with E-state index in [1.54, 1.807) is 12.1 Å². The first-order valence-electron chi connectivity index (χ1n) is 15.9. The van der Waals surface area contributed by atoms with E-state index in [1.165, 1.54) is 12.0 Å². The molecule has 2 bridgehead atoms. The largest absolute Gasteiger partial charge is 0.339 e. The van der Waals surface area contributed by atoms with E-state index in [4.69, 9.17) is 11.6 Å². The zero-order chi connectivity index (χ0) is 30.7. The lowest BCUT2D eigenvalue weighted by Gasteiger charge is -2.57. The van der Waals surface area contributed by atoms with Gasteiger partial charge in [-0.2, -0.15) is 0 Å². The van der Waals surface area contributed by atoms with Gasteiger partial charge >= 0.3 is 6.03 Å². The van der Waals surface area contributed by atoms with Gasteiger partial charge in [0.15, 0.2) is 0 Å². The number of benzene rings is 3. The molecule has 0 radical (unpaired) electrons. The number of nitrogens with zero attached hydrogens (tertiary/aromatic N) is 3. The van der Waals surface area contributed by atoms with Crippen LogP contribution < -0.4 is 5.32 Å². The van der Waals surface area contributed by atoms with Gasteiger partial charge < -0.3 is 15.1 Å². The van der Waals surface area contributed by atoms with Crippen LogP contribution >= 0.6 is 11.6 Å². The summed E-state index contributed by atoms with van der Waals surface area (Å²) in [4.78, 5) is 33.8. The number of amides is 3. The number of piperazine rings is 1. The van der Waals surface area contributed by atoms with E-state index in [0.717, 1.165) is 48.8 Å². The summed E-state index contributed by atoms with van der Waals surface area (Å²) in [6, 6.07) is 27.3. The second-order valence-electron chi connectivity index (χ2n) is 13.1. The van der Waals surface area contributed by atoms with Gasteiger partial charge in [0.25, 0.3) is 0 Å². The Hall–Kier alpha value is -3.61. The third kappa shape index (κ3) is 6.57. The Labute approximate surface area is 266 Å². The summed E-state index contributed by atoms with van der Waals surface area (Å²) < 4.78 is 0. The topological polar surface area (TPSA) is 55.9 Å². The van der Waals surface area contributed by atoms with Crippen LogP contribution in [0.1, 0.15) is 43.7 Å². The SMILES string of the molecule is CC1(C)C2CC=C(CN(CCN3CCN(C(=O)C(c4ccccc4)c4ccccc4)CC3)C(=O)Nc3ccc(Cl)cc3)C1C2. The Kier molecular flexibility index (Phi) is 9.11. The predicted molar refractivity (Wildman–Crippen MR) is 178 cm³/mol. The first-order chi connectivity index (χ1) is 21.3. The number of hydrogen-bond donors (Lipinski definition) is 1. The van der Waals surface area contributed by atoms with Crippen LogP contribution in [-0.4, -0.2) is 72.5 Å². The van der Waals surface area contributed by atoms with Crippen LogP contribution in [0.5, 0.6) is 0 Å². The average molecular weight is 611 g/mol. The van der Waals surface area contributed by atoms with Crippen LogP contribution in [0, 0.1) is 17.3 Å². The molecular formula is C37H43ClN4O2. The molecular weight excluding hydrogens is 568 g/mol. The average Bonchev–Trinajstić information content (AvgIpc) is 3.05. The zero-order valence-electron chi connectivity index (χ0n) is 25.8. The number of urea groups is 1. The maximum Gasteiger partial charge on any atom is 0.322 e. The maximum absolute atomic E-state index is 13.9. The van der Waals surface area contributed by atoms with E-state index in [9.17, 15) is 9.59 Å². The second-order valence-corrected chi connectivity index (χ2v) is 13.5. The first-order valence-corrected chi connectivity index (χ1v) is 16.3. The lowest BCUT2D eigenvalue weighted by molar-refractivity contribution is -0.133. The monoisotopic (exact) mass is 610 g/mol. The molecule has 3 amide bonds. The zero-order valence-corrected chi connectivity index (χ0v) is 26.5. The lowest BCUT2D eigenvalue weighted by Crippen LogP contribution is -2.53.